The van der Waals surface area contributed by atoms with Gasteiger partial charge in [-0.2, -0.15) is 0 Å². The van der Waals surface area contributed by atoms with Gasteiger partial charge < -0.3 is 4.52 Å². The normalized spacial score (nSPS) is 11.8. The molecule has 0 atom stereocenters. The smallest absolute Gasteiger partial charge is 0.245 e. The molecule has 0 unspecified atom stereocenters. The van der Waals surface area contributed by atoms with E-state index in [1.54, 1.807) is 13.8 Å². The van der Waals surface area contributed by atoms with Crippen molar-refractivity contribution in [2.24, 2.45) is 0 Å². The number of hydrogen-bond donors (Lipinski definition) is 1. The number of nitrogens with one attached hydrogen (secondary N) is 1. The van der Waals surface area contributed by atoms with E-state index in [0.717, 1.165) is 5.56 Å². The Hall–Kier alpha value is -1.66. The molecule has 0 spiro atoms. The van der Waals surface area contributed by atoms with E-state index in [1.807, 2.05) is 26.0 Å². The number of nitrogens with zero attached hydrogens (tertiary/aromatic N) is 1. The molecule has 21 heavy (non-hydrogen) atoms. The molecule has 0 aliphatic carbocycles. The molecule has 114 valence electrons. The highest BCUT2D eigenvalue weighted by molar-refractivity contribution is 7.89. The van der Waals surface area contributed by atoms with Crippen molar-refractivity contribution >= 4 is 10.0 Å². The largest absolute Gasteiger partial charge is 0.360 e. The third-order valence-corrected chi connectivity index (χ3v) is 5.13. The number of sulfonamides is 1. The van der Waals surface area contributed by atoms with Crippen molar-refractivity contribution in [2.45, 2.75) is 39.0 Å². The summed E-state index contributed by atoms with van der Waals surface area (Å²) >= 11 is 0. The zero-order valence-electron chi connectivity index (χ0n) is 12.7. The molecule has 0 amide bonds. The van der Waals surface area contributed by atoms with Crippen LogP contribution in [-0.2, 0) is 16.4 Å². The Labute approximate surface area is 125 Å². The standard InChI is InChI=1S/C15H20N2O3S/c1-10-5-6-14(11(2)9-10)7-8-16-21(18,19)15-12(3)17-20-13(15)4/h5-6,9,16H,7-8H2,1-4H3. The number of rotatable bonds is 5. The summed E-state index contributed by atoms with van der Waals surface area (Å²) in [6.45, 7) is 7.63. The van der Waals surface area contributed by atoms with Crippen LogP contribution in [0.3, 0.4) is 0 Å². The fraction of sp³-hybridized carbons (Fsp3) is 0.400. The Morgan fingerprint density at radius 2 is 1.90 bits per heavy atom. The SMILES string of the molecule is Cc1ccc(CCNS(=O)(=O)c2c(C)noc2C)c(C)c1. The van der Waals surface area contributed by atoms with Crippen molar-refractivity contribution < 1.29 is 12.9 Å². The highest BCUT2D eigenvalue weighted by atomic mass is 32.2. The molecule has 2 aromatic rings. The second-order valence-electron chi connectivity index (χ2n) is 5.23. The molecule has 0 saturated carbocycles. The lowest BCUT2D eigenvalue weighted by atomic mass is 10.0. The van der Waals surface area contributed by atoms with E-state index in [-0.39, 0.29) is 4.90 Å². The lowest BCUT2D eigenvalue weighted by molar-refractivity contribution is 0.390. The fourth-order valence-electron chi connectivity index (χ4n) is 2.38. The van der Waals surface area contributed by atoms with E-state index in [2.05, 4.69) is 15.9 Å². The minimum atomic E-state index is -3.58. The summed E-state index contributed by atoms with van der Waals surface area (Å²) in [4.78, 5) is 0.142. The van der Waals surface area contributed by atoms with E-state index in [1.165, 1.54) is 11.1 Å². The maximum Gasteiger partial charge on any atom is 0.245 e. The van der Waals surface area contributed by atoms with E-state index >= 15 is 0 Å². The van der Waals surface area contributed by atoms with Gasteiger partial charge in [0.05, 0.1) is 0 Å². The summed E-state index contributed by atoms with van der Waals surface area (Å²) in [6.07, 6.45) is 0.648. The number of benzene rings is 1. The van der Waals surface area contributed by atoms with Gasteiger partial charge in [0.15, 0.2) is 5.76 Å². The van der Waals surface area contributed by atoms with E-state index in [0.29, 0.717) is 24.4 Å². The summed E-state index contributed by atoms with van der Waals surface area (Å²) in [5.74, 6) is 0.312. The first-order valence-electron chi connectivity index (χ1n) is 6.80. The molecule has 0 radical (unpaired) electrons. The summed E-state index contributed by atoms with van der Waals surface area (Å²) in [5.41, 5.74) is 3.90. The molecule has 5 nitrogen and oxygen atoms in total. The van der Waals surface area contributed by atoms with Crippen molar-refractivity contribution in [1.29, 1.82) is 0 Å². The van der Waals surface area contributed by atoms with Crippen molar-refractivity contribution in [3.63, 3.8) is 0 Å². The maximum atomic E-state index is 12.3. The van der Waals surface area contributed by atoms with Crippen LogP contribution in [0.5, 0.6) is 0 Å². The minimum Gasteiger partial charge on any atom is -0.360 e. The topological polar surface area (TPSA) is 72.2 Å². The van der Waals surface area contributed by atoms with Gasteiger partial charge in [-0.05, 0) is 45.2 Å². The maximum absolute atomic E-state index is 12.3. The Balaban J connectivity index is 2.06. The molecule has 0 fully saturated rings. The predicted octanol–water partition coefficient (Wildman–Crippen LogP) is 2.43. The van der Waals surface area contributed by atoms with Crippen LogP contribution in [0.25, 0.3) is 0 Å². The van der Waals surface area contributed by atoms with Crippen LogP contribution in [0.4, 0.5) is 0 Å². The van der Waals surface area contributed by atoms with E-state index in [4.69, 9.17) is 4.52 Å². The minimum absolute atomic E-state index is 0.142. The van der Waals surface area contributed by atoms with Crippen molar-refractivity contribution in [1.82, 2.24) is 9.88 Å². The summed E-state index contributed by atoms with van der Waals surface area (Å²) < 4.78 is 32.0. The first-order valence-corrected chi connectivity index (χ1v) is 8.28. The first-order chi connectivity index (χ1) is 9.81. The zero-order valence-corrected chi connectivity index (χ0v) is 13.5. The third kappa shape index (κ3) is 3.51. The molecule has 6 heteroatoms. The van der Waals surface area contributed by atoms with Crippen LogP contribution >= 0.6 is 0 Å². The Kier molecular flexibility index (Phi) is 4.49. The number of aryl methyl sites for hydroxylation is 4. The second kappa shape index (κ2) is 5.99. The Morgan fingerprint density at radius 3 is 2.48 bits per heavy atom. The molecule has 2 rings (SSSR count). The molecule has 0 aliphatic heterocycles. The van der Waals surface area contributed by atoms with Gasteiger partial charge >= 0.3 is 0 Å². The molecular formula is C15H20N2O3S. The third-order valence-electron chi connectivity index (χ3n) is 3.42. The lowest BCUT2D eigenvalue weighted by Crippen LogP contribution is -2.27. The second-order valence-corrected chi connectivity index (χ2v) is 6.93. The molecular weight excluding hydrogens is 288 g/mol. The van der Waals surface area contributed by atoms with E-state index < -0.39 is 10.0 Å². The first kappa shape index (κ1) is 15.7. The number of aromatic nitrogens is 1. The van der Waals surface area contributed by atoms with Crippen molar-refractivity contribution in [3.8, 4) is 0 Å². The molecule has 1 aromatic carbocycles. The van der Waals surface area contributed by atoms with Crippen molar-refractivity contribution in [3.05, 3.63) is 46.3 Å². The molecule has 0 bridgehead atoms. The van der Waals surface area contributed by atoms with Gasteiger partial charge in [0.25, 0.3) is 0 Å². The molecule has 0 aliphatic rings. The average molecular weight is 308 g/mol. The van der Waals surface area contributed by atoms with Crippen LogP contribution in [0.15, 0.2) is 27.6 Å². The highest BCUT2D eigenvalue weighted by Crippen LogP contribution is 2.18. The van der Waals surface area contributed by atoms with Gasteiger partial charge in [0.2, 0.25) is 10.0 Å². The van der Waals surface area contributed by atoms with Crippen LogP contribution < -0.4 is 4.72 Å². The Morgan fingerprint density at radius 1 is 1.19 bits per heavy atom. The van der Waals surface area contributed by atoms with Crippen LogP contribution in [0.2, 0.25) is 0 Å². The van der Waals surface area contributed by atoms with Gasteiger partial charge in [0, 0.05) is 6.54 Å². The average Bonchev–Trinajstić information content (AvgIpc) is 2.72. The molecule has 1 N–H and O–H groups in total. The highest BCUT2D eigenvalue weighted by Gasteiger charge is 2.23. The monoisotopic (exact) mass is 308 g/mol. The van der Waals surface area contributed by atoms with Gasteiger partial charge in [-0.1, -0.05) is 28.9 Å². The van der Waals surface area contributed by atoms with Gasteiger partial charge in [0.1, 0.15) is 10.6 Å². The van der Waals surface area contributed by atoms with Crippen molar-refractivity contribution in [2.75, 3.05) is 6.54 Å². The quantitative estimate of drug-likeness (QED) is 0.921. The fourth-order valence-corrected chi connectivity index (χ4v) is 3.73. The number of hydrogen-bond acceptors (Lipinski definition) is 4. The summed E-state index contributed by atoms with van der Waals surface area (Å²) in [5, 5.41) is 3.68. The molecule has 1 heterocycles. The summed E-state index contributed by atoms with van der Waals surface area (Å²) in [7, 11) is -3.58. The van der Waals surface area contributed by atoms with Crippen LogP contribution in [0.1, 0.15) is 28.1 Å². The molecule has 1 aromatic heterocycles. The van der Waals surface area contributed by atoms with Gasteiger partial charge in [-0.25, -0.2) is 13.1 Å². The van der Waals surface area contributed by atoms with Crippen LogP contribution in [-0.4, -0.2) is 20.1 Å². The lowest BCUT2D eigenvalue weighted by Gasteiger charge is -2.09. The molecule has 0 saturated heterocycles. The predicted molar refractivity (Wildman–Crippen MR) is 80.8 cm³/mol. The summed E-state index contributed by atoms with van der Waals surface area (Å²) in [6, 6.07) is 6.16. The van der Waals surface area contributed by atoms with E-state index in [9.17, 15) is 8.42 Å². The van der Waals surface area contributed by atoms with Gasteiger partial charge in [-0.3, -0.25) is 0 Å². The Bertz CT molecular complexity index is 729. The van der Waals surface area contributed by atoms with Crippen LogP contribution in [0, 0.1) is 27.7 Å². The zero-order chi connectivity index (χ0) is 15.6. The van der Waals surface area contributed by atoms with Gasteiger partial charge in [-0.15, -0.1) is 0 Å².